The van der Waals surface area contributed by atoms with Crippen LogP contribution in [0, 0.1) is 0 Å². The molecule has 1 aromatic carbocycles. The fourth-order valence-electron chi connectivity index (χ4n) is 2.12. The van der Waals surface area contributed by atoms with Gasteiger partial charge in [0.1, 0.15) is 11.6 Å². The number of rotatable bonds is 5. The molecular weight excluding hydrogens is 326 g/mol. The normalized spacial score (nSPS) is 12.5. The van der Waals surface area contributed by atoms with Crippen LogP contribution in [0.25, 0.3) is 11.1 Å². The Hall–Kier alpha value is -2.34. The number of aliphatic carboxylic acids is 1. The maximum atomic E-state index is 11.8. The molecule has 0 radical (unpaired) electrons. The van der Waals surface area contributed by atoms with Gasteiger partial charge in [0.25, 0.3) is 0 Å². The maximum Gasteiger partial charge on any atom is 0.408 e. The number of amides is 1. The van der Waals surface area contributed by atoms with Gasteiger partial charge in [0.2, 0.25) is 0 Å². The van der Waals surface area contributed by atoms with Crippen molar-refractivity contribution in [3.8, 4) is 11.1 Å². The summed E-state index contributed by atoms with van der Waals surface area (Å²) >= 11 is 1.47. The fraction of sp³-hybridized carbons (Fsp3) is 0.333. The predicted octanol–water partition coefficient (Wildman–Crippen LogP) is 3.94. The molecule has 0 spiro atoms. The first kappa shape index (κ1) is 18.0. The van der Waals surface area contributed by atoms with E-state index in [4.69, 9.17) is 4.74 Å². The van der Waals surface area contributed by atoms with Crippen molar-refractivity contribution in [2.45, 2.75) is 38.8 Å². The highest BCUT2D eigenvalue weighted by Crippen LogP contribution is 2.26. The number of ether oxygens (including phenoxy) is 1. The Kier molecular flexibility index (Phi) is 5.62. The van der Waals surface area contributed by atoms with Crippen molar-refractivity contribution in [1.29, 1.82) is 0 Å². The summed E-state index contributed by atoms with van der Waals surface area (Å²) in [6.45, 7) is 5.19. The van der Waals surface area contributed by atoms with Crippen LogP contribution >= 0.6 is 11.3 Å². The molecule has 6 heteroatoms. The molecule has 1 heterocycles. The predicted molar refractivity (Wildman–Crippen MR) is 94.3 cm³/mol. The Labute approximate surface area is 145 Å². The first-order chi connectivity index (χ1) is 11.2. The lowest BCUT2D eigenvalue weighted by molar-refractivity contribution is -0.139. The summed E-state index contributed by atoms with van der Waals surface area (Å²) in [5, 5.41) is 13.7. The minimum Gasteiger partial charge on any atom is -0.480 e. The van der Waals surface area contributed by atoms with Gasteiger partial charge in [-0.3, -0.25) is 0 Å². The van der Waals surface area contributed by atoms with Crippen LogP contribution in [0.1, 0.15) is 25.6 Å². The average Bonchev–Trinajstić information content (AvgIpc) is 2.94. The lowest BCUT2D eigenvalue weighted by Crippen LogP contribution is -2.44. The van der Waals surface area contributed by atoms with E-state index in [1.165, 1.54) is 11.3 Å². The lowest BCUT2D eigenvalue weighted by Gasteiger charge is -2.21. The van der Waals surface area contributed by atoms with Crippen LogP contribution in [-0.2, 0) is 16.0 Å². The zero-order valence-electron chi connectivity index (χ0n) is 13.9. The van der Waals surface area contributed by atoms with Crippen LogP contribution in [-0.4, -0.2) is 28.8 Å². The van der Waals surface area contributed by atoms with Gasteiger partial charge in [0.15, 0.2) is 0 Å². The number of benzene rings is 1. The Morgan fingerprint density at radius 2 is 1.88 bits per heavy atom. The molecule has 2 aromatic rings. The van der Waals surface area contributed by atoms with E-state index >= 15 is 0 Å². The molecule has 1 aromatic heterocycles. The third-order valence-electron chi connectivity index (χ3n) is 3.16. The summed E-state index contributed by atoms with van der Waals surface area (Å²) in [6, 6.07) is 10.8. The SMILES string of the molecule is CC(C)(C)OC(=O)NC(Cc1cc(-c2ccccc2)cs1)C(=O)O. The van der Waals surface area contributed by atoms with Crippen molar-refractivity contribution in [3.63, 3.8) is 0 Å². The van der Waals surface area contributed by atoms with Crippen molar-refractivity contribution in [2.75, 3.05) is 0 Å². The molecular formula is C18H21NO4S. The summed E-state index contributed by atoms with van der Waals surface area (Å²) < 4.78 is 5.12. The number of carbonyl (C=O) groups is 2. The first-order valence-electron chi connectivity index (χ1n) is 7.60. The third-order valence-corrected chi connectivity index (χ3v) is 4.11. The van der Waals surface area contributed by atoms with E-state index in [0.717, 1.165) is 16.0 Å². The maximum absolute atomic E-state index is 11.8. The minimum atomic E-state index is -1.09. The van der Waals surface area contributed by atoms with Crippen LogP contribution in [0.3, 0.4) is 0 Å². The highest BCUT2D eigenvalue weighted by Gasteiger charge is 2.24. The molecule has 24 heavy (non-hydrogen) atoms. The number of carboxylic acids is 1. The van der Waals surface area contributed by atoms with E-state index in [0.29, 0.717) is 0 Å². The summed E-state index contributed by atoms with van der Waals surface area (Å²) in [5.74, 6) is -1.09. The van der Waals surface area contributed by atoms with E-state index in [2.05, 4.69) is 5.32 Å². The topological polar surface area (TPSA) is 75.6 Å². The smallest absolute Gasteiger partial charge is 0.408 e. The number of nitrogens with one attached hydrogen (secondary N) is 1. The number of hydrogen-bond acceptors (Lipinski definition) is 4. The van der Waals surface area contributed by atoms with E-state index in [-0.39, 0.29) is 6.42 Å². The standard InChI is InChI=1S/C18H21NO4S/c1-18(2,3)23-17(22)19-15(16(20)21)10-14-9-13(11-24-14)12-7-5-4-6-8-12/h4-9,11,15H,10H2,1-3H3,(H,19,22)(H,20,21). The van der Waals surface area contributed by atoms with Crippen LogP contribution < -0.4 is 5.32 Å². The lowest BCUT2D eigenvalue weighted by atomic mass is 10.1. The van der Waals surface area contributed by atoms with Crippen molar-refractivity contribution >= 4 is 23.4 Å². The Bertz CT molecular complexity index is 703. The first-order valence-corrected chi connectivity index (χ1v) is 8.48. The second-order valence-corrected chi connectivity index (χ2v) is 7.40. The van der Waals surface area contributed by atoms with Gasteiger partial charge in [-0.25, -0.2) is 9.59 Å². The quantitative estimate of drug-likeness (QED) is 0.859. The van der Waals surface area contributed by atoms with Crippen LogP contribution in [0.2, 0.25) is 0 Å². The number of carboxylic acid groups (broad SMARTS) is 1. The second-order valence-electron chi connectivity index (χ2n) is 6.41. The summed E-state index contributed by atoms with van der Waals surface area (Å²) in [4.78, 5) is 24.1. The van der Waals surface area contributed by atoms with Crippen molar-refractivity contribution < 1.29 is 19.4 Å². The molecule has 1 atom stereocenters. The molecule has 5 nitrogen and oxygen atoms in total. The molecule has 0 bridgehead atoms. The average molecular weight is 347 g/mol. The van der Waals surface area contributed by atoms with Crippen molar-refractivity contribution in [2.24, 2.45) is 0 Å². The number of carbonyl (C=O) groups excluding carboxylic acids is 1. The van der Waals surface area contributed by atoms with Gasteiger partial charge in [0, 0.05) is 11.3 Å². The molecule has 1 unspecified atom stereocenters. The van der Waals surface area contributed by atoms with E-state index in [1.807, 2.05) is 41.8 Å². The summed E-state index contributed by atoms with van der Waals surface area (Å²) in [6.07, 6.45) is -0.513. The summed E-state index contributed by atoms with van der Waals surface area (Å²) in [7, 11) is 0. The third kappa shape index (κ3) is 5.38. The van der Waals surface area contributed by atoms with Crippen LogP contribution in [0.15, 0.2) is 41.8 Å². The van der Waals surface area contributed by atoms with Gasteiger partial charge in [-0.15, -0.1) is 11.3 Å². The summed E-state index contributed by atoms with van der Waals surface area (Å²) in [5.41, 5.74) is 1.44. The Balaban J connectivity index is 2.05. The molecule has 1 amide bonds. The van der Waals surface area contributed by atoms with E-state index < -0.39 is 23.7 Å². The van der Waals surface area contributed by atoms with Gasteiger partial charge < -0.3 is 15.2 Å². The van der Waals surface area contributed by atoms with Crippen molar-refractivity contribution in [1.82, 2.24) is 5.32 Å². The van der Waals surface area contributed by atoms with E-state index in [9.17, 15) is 14.7 Å². The molecule has 128 valence electrons. The monoisotopic (exact) mass is 347 g/mol. The molecule has 0 aliphatic heterocycles. The molecule has 2 N–H and O–H groups in total. The van der Waals surface area contributed by atoms with Crippen LogP contribution in [0.5, 0.6) is 0 Å². The minimum absolute atomic E-state index is 0.214. The molecule has 0 saturated heterocycles. The van der Waals surface area contributed by atoms with E-state index in [1.54, 1.807) is 20.8 Å². The molecule has 0 saturated carbocycles. The van der Waals surface area contributed by atoms with Gasteiger partial charge in [-0.05, 0) is 43.3 Å². The van der Waals surface area contributed by atoms with Gasteiger partial charge in [-0.2, -0.15) is 0 Å². The highest BCUT2D eigenvalue weighted by atomic mass is 32.1. The largest absolute Gasteiger partial charge is 0.480 e. The number of thiophene rings is 1. The van der Waals surface area contributed by atoms with Gasteiger partial charge in [-0.1, -0.05) is 30.3 Å². The Morgan fingerprint density at radius 1 is 1.21 bits per heavy atom. The zero-order valence-corrected chi connectivity index (χ0v) is 14.7. The zero-order chi connectivity index (χ0) is 17.7. The fourth-order valence-corrected chi connectivity index (χ4v) is 3.06. The Morgan fingerprint density at radius 3 is 2.46 bits per heavy atom. The van der Waals surface area contributed by atoms with Gasteiger partial charge in [0.05, 0.1) is 0 Å². The molecule has 0 aliphatic rings. The molecule has 0 fully saturated rings. The molecule has 0 aliphatic carbocycles. The second kappa shape index (κ2) is 7.49. The van der Waals surface area contributed by atoms with Gasteiger partial charge >= 0.3 is 12.1 Å². The number of hydrogen-bond donors (Lipinski definition) is 2. The van der Waals surface area contributed by atoms with Crippen LogP contribution in [0.4, 0.5) is 4.79 Å². The molecule has 2 rings (SSSR count). The number of alkyl carbamates (subject to hydrolysis) is 1. The van der Waals surface area contributed by atoms with Crippen molar-refractivity contribution in [3.05, 3.63) is 46.7 Å². The highest BCUT2D eigenvalue weighted by molar-refractivity contribution is 7.10.